The number of esters is 1. The molecule has 39 heavy (non-hydrogen) atoms. The Morgan fingerprint density at radius 3 is 2.82 bits per heavy atom. The van der Waals surface area contributed by atoms with E-state index in [1.807, 2.05) is 24.0 Å². The Kier molecular flexibility index (Phi) is 7.94. The smallest absolute Gasteiger partial charge is 0.320 e. The van der Waals surface area contributed by atoms with Crippen molar-refractivity contribution in [2.24, 2.45) is 0 Å². The minimum Gasteiger partial charge on any atom is -0.467 e. The van der Waals surface area contributed by atoms with Gasteiger partial charge in [0.05, 0.1) is 24.2 Å². The molecule has 2 fully saturated rings. The topological polar surface area (TPSA) is 106 Å². The molecule has 1 amide bonds. The molecule has 1 aliphatic heterocycles. The van der Waals surface area contributed by atoms with Crippen LogP contribution < -0.4 is 15.4 Å². The second kappa shape index (κ2) is 11.5. The molecule has 0 radical (unpaired) electrons. The number of halogens is 2. The molecule has 1 saturated heterocycles. The van der Waals surface area contributed by atoms with Crippen molar-refractivity contribution in [2.75, 3.05) is 37.4 Å². The van der Waals surface area contributed by atoms with Crippen molar-refractivity contribution in [3.8, 4) is 6.01 Å². The van der Waals surface area contributed by atoms with E-state index in [0.717, 1.165) is 24.8 Å². The maximum atomic E-state index is 13.7. The lowest BCUT2D eigenvalue weighted by Crippen LogP contribution is -2.45. The molecule has 11 heteroatoms. The van der Waals surface area contributed by atoms with Crippen LogP contribution in [0.15, 0.2) is 42.5 Å². The maximum Gasteiger partial charge on any atom is 0.320 e. The predicted octanol–water partition coefficient (Wildman–Crippen LogP) is 5.18. The molecule has 2 aromatic carbocycles. The summed E-state index contributed by atoms with van der Waals surface area (Å²) in [7, 11) is 1.48. The van der Waals surface area contributed by atoms with E-state index < -0.39 is 5.82 Å². The minimum atomic E-state index is -0.523. The van der Waals surface area contributed by atoms with Crippen molar-refractivity contribution < 1.29 is 23.5 Å². The highest BCUT2D eigenvalue weighted by Gasteiger charge is 2.28. The van der Waals surface area contributed by atoms with Crippen LogP contribution in [0.2, 0.25) is 5.02 Å². The zero-order valence-electron chi connectivity index (χ0n) is 21.7. The van der Waals surface area contributed by atoms with Gasteiger partial charge < -0.3 is 20.1 Å². The average Bonchev–Trinajstić information content (AvgIpc) is 3.75. The van der Waals surface area contributed by atoms with Crippen LogP contribution in [0.5, 0.6) is 6.01 Å². The first kappa shape index (κ1) is 26.8. The van der Waals surface area contributed by atoms with Crippen molar-refractivity contribution in [3.63, 3.8) is 0 Å². The molecule has 1 atom stereocenters. The van der Waals surface area contributed by atoms with Crippen molar-refractivity contribution in [3.05, 3.63) is 58.9 Å². The van der Waals surface area contributed by atoms with Gasteiger partial charge in [-0.2, -0.15) is 9.97 Å². The van der Waals surface area contributed by atoms with Gasteiger partial charge in [-0.15, -0.1) is 0 Å². The number of aromatic nitrogens is 2. The van der Waals surface area contributed by atoms with Crippen molar-refractivity contribution in [1.29, 1.82) is 0 Å². The summed E-state index contributed by atoms with van der Waals surface area (Å²) in [4.78, 5) is 35.6. The third-order valence-electron chi connectivity index (χ3n) is 6.69. The van der Waals surface area contributed by atoms with E-state index in [0.29, 0.717) is 47.1 Å². The van der Waals surface area contributed by atoms with Crippen LogP contribution in [0.4, 0.5) is 21.6 Å². The van der Waals surface area contributed by atoms with Gasteiger partial charge in [-0.1, -0.05) is 24.6 Å². The monoisotopic (exact) mass is 553 g/mol. The molecule has 204 valence electrons. The van der Waals surface area contributed by atoms with E-state index >= 15 is 0 Å². The Bertz CT molecular complexity index is 1450. The van der Waals surface area contributed by atoms with Crippen LogP contribution in [0.25, 0.3) is 10.9 Å². The molecule has 2 aliphatic rings. The van der Waals surface area contributed by atoms with Gasteiger partial charge in [0.1, 0.15) is 17.7 Å². The SMILES string of the molecule is CCC1CN(CC=CC(=O)Nc2cc3c(Nc4ccc(F)c(Cl)c4)nc(OC)nc3cc2C2CC2)CC(=O)O1. The van der Waals surface area contributed by atoms with E-state index in [-0.39, 0.29) is 35.6 Å². The molecule has 2 N–H and O–H groups in total. The maximum absolute atomic E-state index is 13.7. The Hall–Kier alpha value is -3.76. The number of methoxy groups -OCH3 is 1. The molecule has 1 aromatic heterocycles. The molecule has 1 aliphatic carbocycles. The normalized spacial score (nSPS) is 17.8. The molecule has 3 aromatic rings. The Labute approximate surface area is 230 Å². The third kappa shape index (κ3) is 6.46. The van der Waals surface area contributed by atoms with E-state index in [2.05, 4.69) is 20.6 Å². The highest BCUT2D eigenvalue weighted by molar-refractivity contribution is 6.31. The molecule has 2 heterocycles. The number of fused-ring (bicyclic) bond motifs is 1. The van der Waals surface area contributed by atoms with Gasteiger partial charge in [0.15, 0.2) is 0 Å². The molecule has 5 rings (SSSR count). The first-order chi connectivity index (χ1) is 18.8. The van der Waals surface area contributed by atoms with Crippen molar-refractivity contribution >= 4 is 51.6 Å². The predicted molar refractivity (Wildman–Crippen MR) is 147 cm³/mol. The second-order valence-electron chi connectivity index (χ2n) is 9.65. The van der Waals surface area contributed by atoms with Gasteiger partial charge in [-0.3, -0.25) is 14.5 Å². The lowest BCUT2D eigenvalue weighted by molar-refractivity contribution is -0.158. The molecule has 1 unspecified atom stereocenters. The van der Waals surface area contributed by atoms with Crippen LogP contribution in [-0.4, -0.2) is 59.6 Å². The summed E-state index contributed by atoms with van der Waals surface area (Å²) in [5.41, 5.74) is 2.84. The van der Waals surface area contributed by atoms with Gasteiger partial charge in [-0.25, -0.2) is 4.39 Å². The minimum absolute atomic E-state index is 0.0206. The second-order valence-corrected chi connectivity index (χ2v) is 10.1. The quantitative estimate of drug-likeness (QED) is 0.276. The number of cyclic esters (lactones) is 1. The van der Waals surface area contributed by atoms with E-state index in [1.54, 1.807) is 12.1 Å². The standard InChI is InChI=1S/C28H29ClFN5O4/c1-3-18-14-35(15-26(37)39-18)10-4-5-25(36)32-23-13-20-24(12-19(23)16-6-7-16)33-28(38-2)34-27(20)31-17-8-9-22(30)21(29)11-17/h4-5,8-9,11-13,16,18H,3,6-7,10,14-15H2,1-2H3,(H,32,36)(H,31,33,34). The Balaban J connectivity index is 1.39. The lowest BCUT2D eigenvalue weighted by Gasteiger charge is -2.30. The number of hydrogen-bond acceptors (Lipinski definition) is 8. The summed E-state index contributed by atoms with van der Waals surface area (Å²) in [6.07, 6.45) is 5.90. The van der Waals surface area contributed by atoms with Crippen molar-refractivity contribution in [2.45, 2.75) is 38.2 Å². The van der Waals surface area contributed by atoms with Crippen LogP contribution >= 0.6 is 11.6 Å². The number of nitrogens with one attached hydrogen (secondary N) is 2. The molecular weight excluding hydrogens is 525 g/mol. The summed E-state index contributed by atoms with van der Waals surface area (Å²) >= 11 is 5.96. The first-order valence-corrected chi connectivity index (χ1v) is 13.2. The van der Waals surface area contributed by atoms with Gasteiger partial charge in [0.25, 0.3) is 0 Å². The van der Waals surface area contributed by atoms with E-state index in [4.69, 9.17) is 21.1 Å². The molecule has 0 bridgehead atoms. The van der Waals surface area contributed by atoms with E-state index in [9.17, 15) is 14.0 Å². The van der Waals surface area contributed by atoms with Crippen LogP contribution in [0.3, 0.4) is 0 Å². The Morgan fingerprint density at radius 2 is 2.10 bits per heavy atom. The molecule has 0 spiro atoms. The number of carbonyl (C=O) groups excluding carboxylic acids is 2. The zero-order valence-corrected chi connectivity index (χ0v) is 22.4. The first-order valence-electron chi connectivity index (χ1n) is 12.8. The number of benzene rings is 2. The number of carbonyl (C=O) groups is 2. The fourth-order valence-electron chi connectivity index (χ4n) is 4.54. The highest BCUT2D eigenvalue weighted by Crippen LogP contribution is 2.45. The molecule has 9 nitrogen and oxygen atoms in total. The number of ether oxygens (including phenoxy) is 2. The highest BCUT2D eigenvalue weighted by atomic mass is 35.5. The van der Waals surface area contributed by atoms with Gasteiger partial charge in [-0.05, 0) is 61.1 Å². The van der Waals surface area contributed by atoms with Crippen LogP contribution in [0, 0.1) is 5.82 Å². The number of morpholine rings is 1. The summed E-state index contributed by atoms with van der Waals surface area (Å²) in [5.74, 6) is -0.299. The fourth-order valence-corrected chi connectivity index (χ4v) is 4.72. The van der Waals surface area contributed by atoms with Crippen molar-refractivity contribution in [1.82, 2.24) is 14.9 Å². The Morgan fingerprint density at radius 1 is 1.28 bits per heavy atom. The number of nitrogens with zero attached hydrogens (tertiary/aromatic N) is 3. The number of rotatable bonds is 9. The summed E-state index contributed by atoms with van der Waals surface area (Å²) < 4.78 is 24.3. The van der Waals surface area contributed by atoms with Gasteiger partial charge in [0.2, 0.25) is 5.91 Å². The summed E-state index contributed by atoms with van der Waals surface area (Å²) in [6, 6.07) is 8.25. The average molecular weight is 554 g/mol. The lowest BCUT2D eigenvalue weighted by atomic mass is 10.0. The summed E-state index contributed by atoms with van der Waals surface area (Å²) in [5, 5.41) is 6.80. The third-order valence-corrected chi connectivity index (χ3v) is 6.98. The largest absolute Gasteiger partial charge is 0.467 e. The number of amides is 1. The zero-order chi connectivity index (χ0) is 27.5. The number of anilines is 3. The van der Waals surface area contributed by atoms with Gasteiger partial charge >= 0.3 is 12.0 Å². The van der Waals surface area contributed by atoms with Crippen LogP contribution in [0.1, 0.15) is 37.7 Å². The number of hydrogen-bond donors (Lipinski definition) is 2. The van der Waals surface area contributed by atoms with Gasteiger partial charge in [0, 0.05) is 35.9 Å². The molecular formula is C28H29ClFN5O4. The fraction of sp³-hybridized carbons (Fsp3) is 0.357. The van der Waals surface area contributed by atoms with Crippen LogP contribution in [-0.2, 0) is 14.3 Å². The summed E-state index contributed by atoms with van der Waals surface area (Å²) in [6.45, 7) is 3.29. The molecule has 1 saturated carbocycles. The van der Waals surface area contributed by atoms with E-state index in [1.165, 1.54) is 25.3 Å².